The number of benzene rings is 1. The molecule has 0 aliphatic carbocycles. The van der Waals surface area contributed by atoms with Gasteiger partial charge >= 0.3 is 0 Å². The summed E-state index contributed by atoms with van der Waals surface area (Å²) in [6.45, 7) is 2.11. The molecule has 2 aliphatic heterocycles. The molecule has 2 aliphatic rings. The third kappa shape index (κ3) is 2.78. The molecule has 1 aromatic carbocycles. The second-order valence-corrected chi connectivity index (χ2v) is 7.19. The van der Waals surface area contributed by atoms with Gasteiger partial charge in [0.05, 0.1) is 0 Å². The molecule has 3 unspecified atom stereocenters. The fraction of sp³-hybridized carbons (Fsp3) is 0.625. The van der Waals surface area contributed by atoms with Crippen molar-refractivity contribution in [3.05, 3.63) is 34.1 Å². The van der Waals surface area contributed by atoms with Crippen LogP contribution in [-0.4, -0.2) is 30.1 Å². The molecule has 2 nitrogen and oxygen atoms in total. The summed E-state index contributed by atoms with van der Waals surface area (Å²) in [4.78, 5) is 2.36. The maximum absolute atomic E-state index is 14.1. The van der Waals surface area contributed by atoms with E-state index in [1.54, 1.807) is 12.1 Å². The Kier molecular flexibility index (Phi) is 4.16. The van der Waals surface area contributed by atoms with Crippen molar-refractivity contribution in [1.29, 1.82) is 0 Å². The smallest absolute Gasteiger partial charge is 0.128 e. The van der Waals surface area contributed by atoms with Crippen LogP contribution in [0.1, 0.15) is 44.2 Å². The van der Waals surface area contributed by atoms with Gasteiger partial charge in [-0.25, -0.2) is 4.39 Å². The summed E-state index contributed by atoms with van der Waals surface area (Å²) in [6, 6.07) is 7.22. The van der Waals surface area contributed by atoms with Crippen LogP contribution in [0.15, 0.2) is 22.7 Å². The third-order valence-corrected chi connectivity index (χ3v) is 5.54. The van der Waals surface area contributed by atoms with Crippen molar-refractivity contribution in [2.24, 2.45) is 0 Å². The Balaban J connectivity index is 1.76. The van der Waals surface area contributed by atoms with Gasteiger partial charge in [0.1, 0.15) is 5.82 Å². The van der Waals surface area contributed by atoms with Crippen molar-refractivity contribution < 1.29 is 4.39 Å². The van der Waals surface area contributed by atoms with Gasteiger partial charge in [-0.1, -0.05) is 15.9 Å². The second kappa shape index (κ2) is 5.74. The Hall–Kier alpha value is -0.450. The first-order valence-electron chi connectivity index (χ1n) is 7.47. The SMILES string of the molecule is CC(c1cc(Br)ccc1F)N(C)C1CC2CCC(C1)N2. The Bertz CT molecular complexity index is 481. The number of nitrogens with zero attached hydrogens (tertiary/aromatic N) is 1. The largest absolute Gasteiger partial charge is 0.311 e. The summed E-state index contributed by atoms with van der Waals surface area (Å²) in [5.74, 6) is -0.107. The molecular weight excluding hydrogens is 319 g/mol. The van der Waals surface area contributed by atoms with Crippen LogP contribution in [0.4, 0.5) is 4.39 Å². The Labute approximate surface area is 128 Å². The van der Waals surface area contributed by atoms with Crippen molar-refractivity contribution in [3.8, 4) is 0 Å². The second-order valence-electron chi connectivity index (χ2n) is 6.27. The van der Waals surface area contributed by atoms with Crippen LogP contribution in [-0.2, 0) is 0 Å². The highest BCUT2D eigenvalue weighted by molar-refractivity contribution is 9.10. The van der Waals surface area contributed by atoms with E-state index in [9.17, 15) is 4.39 Å². The van der Waals surface area contributed by atoms with Gasteiger partial charge in [0.2, 0.25) is 0 Å². The highest BCUT2D eigenvalue weighted by Crippen LogP contribution is 2.34. The molecule has 0 aromatic heterocycles. The lowest BCUT2D eigenvalue weighted by Gasteiger charge is -2.39. The van der Waals surface area contributed by atoms with Crippen LogP contribution in [0.2, 0.25) is 0 Å². The van der Waals surface area contributed by atoms with E-state index >= 15 is 0 Å². The number of halogens is 2. The van der Waals surface area contributed by atoms with Crippen molar-refractivity contribution >= 4 is 15.9 Å². The lowest BCUT2D eigenvalue weighted by atomic mass is 9.95. The van der Waals surface area contributed by atoms with Gasteiger partial charge in [-0.05, 0) is 57.9 Å². The minimum absolute atomic E-state index is 0.106. The maximum Gasteiger partial charge on any atom is 0.128 e. The minimum atomic E-state index is -0.107. The lowest BCUT2D eigenvalue weighted by molar-refractivity contribution is 0.131. The van der Waals surface area contributed by atoms with Crippen LogP contribution in [0.25, 0.3) is 0 Å². The van der Waals surface area contributed by atoms with Gasteiger partial charge in [-0.2, -0.15) is 0 Å². The summed E-state index contributed by atoms with van der Waals surface area (Å²) < 4.78 is 15.0. The highest BCUT2D eigenvalue weighted by Gasteiger charge is 2.36. The molecule has 2 saturated heterocycles. The standard InChI is InChI=1S/C16H22BrFN2/c1-10(15-7-11(17)3-6-16(15)18)20(2)14-8-12-4-5-13(9-14)19-12/h3,6-7,10,12-14,19H,4-5,8-9H2,1-2H3. The summed E-state index contributed by atoms with van der Waals surface area (Å²) in [5.41, 5.74) is 0.785. The van der Waals surface area contributed by atoms with Gasteiger partial charge in [-0.3, -0.25) is 4.90 Å². The molecular formula is C16H22BrFN2. The van der Waals surface area contributed by atoms with Crippen molar-refractivity contribution in [2.45, 2.75) is 56.8 Å². The maximum atomic E-state index is 14.1. The van der Waals surface area contributed by atoms with Crippen LogP contribution in [0, 0.1) is 5.82 Å². The lowest BCUT2D eigenvalue weighted by Crippen LogP contribution is -2.47. The normalized spacial score (nSPS) is 30.8. The van der Waals surface area contributed by atoms with E-state index in [0.717, 1.165) is 10.0 Å². The predicted octanol–water partition coefficient (Wildman–Crippen LogP) is 3.86. The first-order chi connectivity index (χ1) is 9.54. The molecule has 0 radical (unpaired) electrons. The fourth-order valence-electron chi connectivity index (χ4n) is 3.73. The van der Waals surface area contributed by atoms with E-state index < -0.39 is 0 Å². The summed E-state index contributed by atoms with van der Waals surface area (Å²) in [6.07, 6.45) is 4.98. The predicted molar refractivity (Wildman–Crippen MR) is 83.2 cm³/mol. The molecule has 2 bridgehead atoms. The van der Waals surface area contributed by atoms with Crippen LogP contribution in [0.3, 0.4) is 0 Å². The number of rotatable bonds is 3. The first-order valence-corrected chi connectivity index (χ1v) is 8.27. The van der Waals surface area contributed by atoms with E-state index in [4.69, 9.17) is 0 Å². The monoisotopic (exact) mass is 340 g/mol. The summed E-state index contributed by atoms with van der Waals surface area (Å²) in [7, 11) is 2.14. The molecule has 4 heteroatoms. The number of piperidine rings is 1. The molecule has 1 aromatic rings. The third-order valence-electron chi connectivity index (χ3n) is 5.04. The molecule has 1 N–H and O–H groups in total. The molecule has 20 heavy (non-hydrogen) atoms. The number of fused-ring (bicyclic) bond motifs is 2. The van der Waals surface area contributed by atoms with Crippen molar-refractivity contribution in [3.63, 3.8) is 0 Å². The zero-order valence-corrected chi connectivity index (χ0v) is 13.7. The first kappa shape index (κ1) is 14.5. The zero-order chi connectivity index (χ0) is 14.3. The average Bonchev–Trinajstić information content (AvgIpc) is 2.78. The van der Waals surface area contributed by atoms with Gasteiger partial charge in [0.25, 0.3) is 0 Å². The number of nitrogens with one attached hydrogen (secondary N) is 1. The molecule has 0 amide bonds. The summed E-state index contributed by atoms with van der Waals surface area (Å²) in [5, 5.41) is 3.67. The van der Waals surface area contributed by atoms with Crippen LogP contribution in [0.5, 0.6) is 0 Å². The molecule has 3 atom stereocenters. The van der Waals surface area contributed by atoms with Crippen molar-refractivity contribution in [2.75, 3.05) is 7.05 Å². The molecule has 0 saturated carbocycles. The van der Waals surface area contributed by atoms with E-state index in [0.29, 0.717) is 18.1 Å². The topological polar surface area (TPSA) is 15.3 Å². The molecule has 2 fully saturated rings. The zero-order valence-electron chi connectivity index (χ0n) is 12.1. The summed E-state index contributed by atoms with van der Waals surface area (Å²) >= 11 is 3.44. The highest BCUT2D eigenvalue weighted by atomic mass is 79.9. The molecule has 2 heterocycles. The van der Waals surface area contributed by atoms with Gasteiger partial charge in [0, 0.05) is 34.2 Å². The number of hydrogen-bond donors (Lipinski definition) is 1. The van der Waals surface area contributed by atoms with E-state index in [1.807, 2.05) is 6.07 Å². The van der Waals surface area contributed by atoms with Crippen molar-refractivity contribution in [1.82, 2.24) is 10.2 Å². The van der Waals surface area contributed by atoms with Crippen LogP contribution < -0.4 is 5.32 Å². The van der Waals surface area contributed by atoms with Crippen LogP contribution >= 0.6 is 15.9 Å². The van der Waals surface area contributed by atoms with Gasteiger partial charge in [0.15, 0.2) is 0 Å². The van der Waals surface area contributed by atoms with E-state index in [1.165, 1.54) is 25.7 Å². The molecule has 0 spiro atoms. The minimum Gasteiger partial charge on any atom is -0.311 e. The van der Waals surface area contributed by atoms with Gasteiger partial charge in [-0.15, -0.1) is 0 Å². The fourth-order valence-corrected chi connectivity index (χ4v) is 4.11. The van der Waals surface area contributed by atoms with E-state index in [2.05, 4.69) is 40.1 Å². The quantitative estimate of drug-likeness (QED) is 0.898. The molecule has 3 rings (SSSR count). The number of hydrogen-bond acceptors (Lipinski definition) is 2. The van der Waals surface area contributed by atoms with Gasteiger partial charge < -0.3 is 5.32 Å². The Morgan fingerprint density at radius 2 is 1.95 bits per heavy atom. The Morgan fingerprint density at radius 1 is 1.30 bits per heavy atom. The average molecular weight is 341 g/mol. The molecule has 110 valence electrons. The van der Waals surface area contributed by atoms with E-state index in [-0.39, 0.29) is 11.9 Å². The Morgan fingerprint density at radius 3 is 2.60 bits per heavy atom.